The van der Waals surface area contributed by atoms with Crippen LogP contribution in [0.15, 0.2) is 34.6 Å². The summed E-state index contributed by atoms with van der Waals surface area (Å²) >= 11 is 1.70. The predicted octanol–water partition coefficient (Wildman–Crippen LogP) is 3.30. The van der Waals surface area contributed by atoms with E-state index < -0.39 is 0 Å². The van der Waals surface area contributed by atoms with E-state index in [2.05, 4.69) is 44.3 Å². The number of nitrogens with one attached hydrogen (secondary N) is 1. The van der Waals surface area contributed by atoms with Crippen molar-refractivity contribution < 1.29 is 4.39 Å². The highest BCUT2D eigenvalue weighted by molar-refractivity contribution is 7.09. The van der Waals surface area contributed by atoms with Crippen molar-refractivity contribution >= 4 is 23.0 Å². The molecule has 2 aromatic rings. The molecule has 1 aromatic carbocycles. The highest BCUT2D eigenvalue weighted by atomic mass is 32.1. The lowest BCUT2D eigenvalue weighted by atomic mass is 10.2. The number of thiazole rings is 1. The molecule has 1 aromatic heterocycles. The first-order valence-electron chi connectivity index (χ1n) is 8.98. The van der Waals surface area contributed by atoms with Gasteiger partial charge in [0, 0.05) is 44.5 Å². The van der Waals surface area contributed by atoms with Crippen LogP contribution < -0.4 is 10.2 Å². The van der Waals surface area contributed by atoms with Gasteiger partial charge in [-0.25, -0.2) is 9.37 Å². The minimum absolute atomic E-state index is 0.159. The second kappa shape index (κ2) is 8.49. The molecule has 1 aliphatic heterocycles. The second-order valence-corrected chi connectivity index (χ2v) is 7.55. The first kappa shape index (κ1) is 18.6. The summed E-state index contributed by atoms with van der Waals surface area (Å²) in [6.45, 7) is 8.15. The van der Waals surface area contributed by atoms with E-state index in [0.717, 1.165) is 42.8 Å². The summed E-state index contributed by atoms with van der Waals surface area (Å²) in [5, 5.41) is 6.67. The third-order valence-corrected chi connectivity index (χ3v) is 5.67. The summed E-state index contributed by atoms with van der Waals surface area (Å²) in [7, 11) is 1.80. The number of para-hydroxylation sites is 1. The molecule has 140 valence electrons. The van der Waals surface area contributed by atoms with E-state index in [0.29, 0.717) is 18.2 Å². The molecule has 1 fully saturated rings. The summed E-state index contributed by atoms with van der Waals surface area (Å²) < 4.78 is 14.0. The average molecular weight is 376 g/mol. The van der Waals surface area contributed by atoms with Crippen LogP contribution >= 0.6 is 11.3 Å². The number of piperazine rings is 1. The van der Waals surface area contributed by atoms with Gasteiger partial charge in [-0.15, -0.1) is 11.3 Å². The van der Waals surface area contributed by atoms with Crippen LogP contribution in [0, 0.1) is 5.82 Å². The fraction of sp³-hybridized carbons (Fsp3) is 0.474. The van der Waals surface area contributed by atoms with Crippen LogP contribution in [0.25, 0.3) is 0 Å². The van der Waals surface area contributed by atoms with Crippen molar-refractivity contribution in [3.05, 3.63) is 46.2 Å². The van der Waals surface area contributed by atoms with Crippen molar-refractivity contribution in [2.45, 2.75) is 26.3 Å². The van der Waals surface area contributed by atoms with Crippen LogP contribution in [0.3, 0.4) is 0 Å². The number of halogens is 1. The Bertz CT molecular complexity index is 750. The standard InChI is InChI=1S/C19H26FN5S/c1-14(2)18-23-15(13-26-18)12-22-19(21-3)25-10-8-24(9-11-25)17-7-5-4-6-16(17)20/h4-7,13-14H,8-12H2,1-3H3,(H,21,22). The number of hydrogen-bond acceptors (Lipinski definition) is 4. The number of aliphatic imine (C=N–C) groups is 1. The number of hydrogen-bond donors (Lipinski definition) is 1. The molecule has 5 nitrogen and oxygen atoms in total. The molecule has 1 aliphatic rings. The maximum atomic E-state index is 14.0. The fourth-order valence-corrected chi connectivity index (χ4v) is 3.87. The number of nitrogens with zero attached hydrogens (tertiary/aromatic N) is 4. The van der Waals surface area contributed by atoms with Crippen LogP contribution in [0.4, 0.5) is 10.1 Å². The molecular formula is C19H26FN5S. The molecule has 0 spiro atoms. The molecule has 0 saturated carbocycles. The molecule has 1 N–H and O–H groups in total. The Morgan fingerprint density at radius 1 is 1.27 bits per heavy atom. The summed E-state index contributed by atoms with van der Waals surface area (Å²) in [5.41, 5.74) is 1.73. The summed E-state index contributed by atoms with van der Waals surface area (Å²) in [5.74, 6) is 1.17. The van der Waals surface area contributed by atoms with Gasteiger partial charge in [0.15, 0.2) is 5.96 Å². The topological polar surface area (TPSA) is 43.8 Å². The highest BCUT2D eigenvalue weighted by Gasteiger charge is 2.21. The van der Waals surface area contributed by atoms with Crippen LogP contribution in [0.1, 0.15) is 30.5 Å². The van der Waals surface area contributed by atoms with Crippen LogP contribution in [0.2, 0.25) is 0 Å². The van der Waals surface area contributed by atoms with Gasteiger partial charge in [0.05, 0.1) is 22.9 Å². The number of aromatic nitrogens is 1. The first-order valence-corrected chi connectivity index (χ1v) is 9.86. The minimum atomic E-state index is -0.159. The zero-order chi connectivity index (χ0) is 18.5. The average Bonchev–Trinajstić information content (AvgIpc) is 3.13. The highest BCUT2D eigenvalue weighted by Crippen LogP contribution is 2.21. The van der Waals surface area contributed by atoms with Crippen molar-refractivity contribution in [1.82, 2.24) is 15.2 Å². The Kier molecular flexibility index (Phi) is 6.08. The molecule has 3 rings (SSSR count). The van der Waals surface area contributed by atoms with E-state index in [1.54, 1.807) is 24.5 Å². The molecule has 0 unspecified atom stereocenters. The van der Waals surface area contributed by atoms with Gasteiger partial charge >= 0.3 is 0 Å². The van der Waals surface area contributed by atoms with Crippen molar-refractivity contribution in [3.8, 4) is 0 Å². The Morgan fingerprint density at radius 3 is 2.62 bits per heavy atom. The summed E-state index contributed by atoms with van der Waals surface area (Å²) in [6.07, 6.45) is 0. The van der Waals surface area contributed by atoms with Gasteiger partial charge in [-0.1, -0.05) is 26.0 Å². The second-order valence-electron chi connectivity index (χ2n) is 6.66. The van der Waals surface area contributed by atoms with E-state index >= 15 is 0 Å². The lowest BCUT2D eigenvalue weighted by Gasteiger charge is -2.37. The number of guanidine groups is 1. The van der Waals surface area contributed by atoms with Crippen molar-refractivity contribution in [1.29, 1.82) is 0 Å². The maximum absolute atomic E-state index is 14.0. The fourth-order valence-electron chi connectivity index (χ4n) is 3.04. The van der Waals surface area contributed by atoms with Gasteiger partial charge in [0.25, 0.3) is 0 Å². The largest absolute Gasteiger partial charge is 0.366 e. The molecule has 0 aliphatic carbocycles. The van der Waals surface area contributed by atoms with Crippen LogP contribution in [-0.4, -0.2) is 49.1 Å². The summed E-state index contributed by atoms with van der Waals surface area (Å²) in [6, 6.07) is 6.96. The van der Waals surface area contributed by atoms with Gasteiger partial charge in [0.2, 0.25) is 0 Å². The van der Waals surface area contributed by atoms with Gasteiger partial charge in [-0.2, -0.15) is 0 Å². The monoisotopic (exact) mass is 375 g/mol. The molecule has 1 saturated heterocycles. The first-order chi connectivity index (χ1) is 12.6. The molecule has 0 amide bonds. The number of anilines is 1. The predicted molar refractivity (Wildman–Crippen MR) is 107 cm³/mol. The smallest absolute Gasteiger partial charge is 0.194 e. The van der Waals surface area contributed by atoms with Gasteiger partial charge in [-0.05, 0) is 12.1 Å². The Morgan fingerprint density at radius 2 is 2.00 bits per heavy atom. The van der Waals surface area contributed by atoms with Gasteiger partial charge < -0.3 is 15.1 Å². The normalized spacial score (nSPS) is 15.7. The Labute approximate surface area is 158 Å². The van der Waals surface area contributed by atoms with E-state index in [4.69, 9.17) is 0 Å². The maximum Gasteiger partial charge on any atom is 0.194 e. The molecule has 26 heavy (non-hydrogen) atoms. The number of rotatable bonds is 4. The third-order valence-electron chi connectivity index (χ3n) is 4.48. The van der Waals surface area contributed by atoms with Crippen LogP contribution in [-0.2, 0) is 6.54 Å². The quantitative estimate of drug-likeness (QED) is 0.658. The Balaban J connectivity index is 1.54. The molecule has 0 atom stereocenters. The molecule has 7 heteroatoms. The molecule has 2 heterocycles. The lowest BCUT2D eigenvalue weighted by Crippen LogP contribution is -2.52. The van der Waals surface area contributed by atoms with Gasteiger partial charge in [-0.3, -0.25) is 4.99 Å². The van der Waals surface area contributed by atoms with E-state index in [1.807, 2.05) is 12.1 Å². The van der Waals surface area contributed by atoms with Crippen molar-refractivity contribution in [2.24, 2.45) is 4.99 Å². The number of benzene rings is 1. The van der Waals surface area contributed by atoms with E-state index in [9.17, 15) is 4.39 Å². The molecular weight excluding hydrogens is 349 g/mol. The van der Waals surface area contributed by atoms with E-state index in [-0.39, 0.29) is 5.82 Å². The Hall–Kier alpha value is -2.15. The minimum Gasteiger partial charge on any atom is -0.366 e. The zero-order valence-electron chi connectivity index (χ0n) is 15.6. The van der Waals surface area contributed by atoms with Crippen LogP contribution in [0.5, 0.6) is 0 Å². The molecule has 0 radical (unpaired) electrons. The van der Waals surface area contributed by atoms with Crippen molar-refractivity contribution in [2.75, 3.05) is 38.1 Å². The lowest BCUT2D eigenvalue weighted by molar-refractivity contribution is 0.370. The zero-order valence-corrected chi connectivity index (χ0v) is 16.4. The van der Waals surface area contributed by atoms with Crippen molar-refractivity contribution in [3.63, 3.8) is 0 Å². The SMILES string of the molecule is CN=C(NCc1csc(C(C)C)n1)N1CCN(c2ccccc2F)CC1. The van der Waals surface area contributed by atoms with E-state index in [1.165, 1.54) is 6.07 Å². The van der Waals surface area contributed by atoms with Gasteiger partial charge in [0.1, 0.15) is 5.82 Å². The third kappa shape index (κ3) is 4.33. The summed E-state index contributed by atoms with van der Waals surface area (Å²) in [4.78, 5) is 13.4. The molecule has 0 bridgehead atoms.